The summed E-state index contributed by atoms with van der Waals surface area (Å²) in [5.41, 5.74) is 7.30. The van der Waals surface area contributed by atoms with Gasteiger partial charge in [-0.2, -0.15) is 0 Å². The Morgan fingerprint density at radius 3 is 1.72 bits per heavy atom. The highest BCUT2D eigenvalue weighted by Crippen LogP contribution is 2.47. The zero-order valence-corrected chi connectivity index (χ0v) is 23.3. The van der Waals surface area contributed by atoms with E-state index in [9.17, 15) is 0 Å². The van der Waals surface area contributed by atoms with Crippen molar-refractivity contribution in [3.63, 3.8) is 0 Å². The van der Waals surface area contributed by atoms with Gasteiger partial charge in [-0.05, 0) is 107 Å². The van der Waals surface area contributed by atoms with Crippen LogP contribution in [0.25, 0.3) is 87.2 Å². The van der Waals surface area contributed by atoms with Gasteiger partial charge in [-0.25, -0.2) is 0 Å². The molecule has 0 saturated carbocycles. The minimum absolute atomic E-state index is 0.911. The Morgan fingerprint density at radius 1 is 0.302 bits per heavy atom. The van der Waals surface area contributed by atoms with E-state index in [2.05, 4.69) is 146 Å². The van der Waals surface area contributed by atoms with Crippen molar-refractivity contribution in [2.75, 3.05) is 0 Å². The highest BCUT2D eigenvalue weighted by Gasteiger charge is 2.20. The van der Waals surface area contributed by atoms with Gasteiger partial charge in [0.2, 0.25) is 0 Å². The lowest BCUT2D eigenvalue weighted by Gasteiger charge is -2.22. The number of hydrogen-bond acceptors (Lipinski definition) is 1. The van der Waals surface area contributed by atoms with Crippen molar-refractivity contribution < 1.29 is 4.74 Å². The van der Waals surface area contributed by atoms with E-state index < -0.39 is 0 Å². The Bertz CT molecular complexity index is 2570. The molecular formula is C42H24O. The van der Waals surface area contributed by atoms with Crippen LogP contribution in [0.3, 0.4) is 0 Å². The minimum atomic E-state index is 0.911. The normalized spacial score (nSPS) is 12.4. The zero-order valence-electron chi connectivity index (χ0n) is 23.3. The third-order valence-electron chi connectivity index (χ3n) is 9.37. The first-order chi connectivity index (χ1) is 21.3. The topological polar surface area (TPSA) is 9.23 Å². The van der Waals surface area contributed by atoms with Crippen LogP contribution in [0.15, 0.2) is 146 Å². The molecule has 198 valence electrons. The van der Waals surface area contributed by atoms with Crippen LogP contribution in [0.2, 0.25) is 0 Å². The lowest BCUT2D eigenvalue weighted by Crippen LogP contribution is -1.97. The average molecular weight is 545 g/mol. The van der Waals surface area contributed by atoms with E-state index >= 15 is 0 Å². The summed E-state index contributed by atoms with van der Waals surface area (Å²) in [5, 5.41) is 12.8. The van der Waals surface area contributed by atoms with Crippen LogP contribution in [0, 0.1) is 0 Å². The average Bonchev–Trinajstić information content (AvgIpc) is 3.07. The number of ether oxygens (including phenoxy) is 1. The number of rotatable bonds is 2. The van der Waals surface area contributed by atoms with Gasteiger partial charge in [0.1, 0.15) is 11.5 Å². The highest BCUT2D eigenvalue weighted by molar-refractivity contribution is 6.25. The first kappa shape index (κ1) is 23.0. The molecule has 1 heterocycles. The van der Waals surface area contributed by atoms with Crippen LogP contribution in [0.4, 0.5) is 0 Å². The fraction of sp³-hybridized carbons (Fsp3) is 0. The first-order valence-corrected chi connectivity index (χ1v) is 14.8. The number of fused-ring (bicyclic) bond motifs is 3. The quantitative estimate of drug-likeness (QED) is 0.197. The molecule has 0 N–H and O–H groups in total. The maximum Gasteiger partial charge on any atom is 0.135 e. The van der Waals surface area contributed by atoms with Crippen molar-refractivity contribution in [3.8, 4) is 44.9 Å². The smallest absolute Gasteiger partial charge is 0.135 e. The summed E-state index contributed by atoms with van der Waals surface area (Å²) in [6.45, 7) is 0. The molecule has 0 fully saturated rings. The van der Waals surface area contributed by atoms with Crippen molar-refractivity contribution in [1.82, 2.24) is 0 Å². The van der Waals surface area contributed by atoms with Gasteiger partial charge in [-0.3, -0.25) is 0 Å². The van der Waals surface area contributed by atoms with Crippen molar-refractivity contribution in [1.29, 1.82) is 0 Å². The van der Waals surface area contributed by atoms with E-state index in [0.29, 0.717) is 0 Å². The molecule has 10 rings (SSSR count). The Morgan fingerprint density at radius 2 is 0.884 bits per heavy atom. The molecule has 43 heavy (non-hydrogen) atoms. The van der Waals surface area contributed by atoms with Crippen molar-refractivity contribution >= 4 is 53.9 Å². The van der Waals surface area contributed by atoms with Crippen molar-refractivity contribution in [2.24, 2.45) is 0 Å². The summed E-state index contributed by atoms with van der Waals surface area (Å²) in [5.74, 6) is 1.84. The van der Waals surface area contributed by atoms with E-state index in [-0.39, 0.29) is 0 Å². The second kappa shape index (κ2) is 8.44. The Hall–Kier alpha value is -5.66. The molecule has 0 amide bonds. The van der Waals surface area contributed by atoms with Gasteiger partial charge in [0.05, 0.1) is 0 Å². The van der Waals surface area contributed by atoms with E-state index in [4.69, 9.17) is 4.74 Å². The number of benzene rings is 9. The largest absolute Gasteiger partial charge is 0.456 e. The molecule has 0 radical (unpaired) electrons. The zero-order chi connectivity index (χ0) is 28.1. The van der Waals surface area contributed by atoms with Crippen molar-refractivity contribution in [3.05, 3.63) is 146 Å². The van der Waals surface area contributed by atoms with Gasteiger partial charge >= 0.3 is 0 Å². The van der Waals surface area contributed by atoms with Crippen LogP contribution in [0.5, 0.6) is 11.5 Å². The van der Waals surface area contributed by atoms with Gasteiger partial charge < -0.3 is 4.74 Å². The summed E-state index contributed by atoms with van der Waals surface area (Å²) in [6.07, 6.45) is 0. The summed E-state index contributed by atoms with van der Waals surface area (Å²) in [7, 11) is 0. The molecule has 0 spiro atoms. The highest BCUT2D eigenvalue weighted by atomic mass is 16.5. The Balaban J connectivity index is 1.08. The fourth-order valence-corrected chi connectivity index (χ4v) is 7.32. The second-order valence-corrected chi connectivity index (χ2v) is 11.7. The maximum atomic E-state index is 6.33. The molecule has 0 saturated heterocycles. The SMILES string of the molecule is c1cc2c3c(cccc3c1)-c1cc(-c3ccc4cc(-c5ccc6ccc7cccc8ccc5c6c78)ccc4c3)ccc1O2. The fourth-order valence-electron chi connectivity index (χ4n) is 7.32. The van der Waals surface area contributed by atoms with Crippen LogP contribution in [-0.2, 0) is 0 Å². The third kappa shape index (κ3) is 3.28. The summed E-state index contributed by atoms with van der Waals surface area (Å²) >= 11 is 0. The van der Waals surface area contributed by atoms with Crippen LogP contribution >= 0.6 is 0 Å². The Kier molecular flexibility index (Phi) is 4.51. The summed E-state index contributed by atoms with van der Waals surface area (Å²) in [4.78, 5) is 0. The minimum Gasteiger partial charge on any atom is -0.456 e. The van der Waals surface area contributed by atoms with Crippen molar-refractivity contribution in [2.45, 2.75) is 0 Å². The van der Waals surface area contributed by atoms with Gasteiger partial charge in [-0.15, -0.1) is 0 Å². The van der Waals surface area contributed by atoms with E-state index in [1.165, 1.54) is 81.7 Å². The van der Waals surface area contributed by atoms with Gasteiger partial charge in [0.25, 0.3) is 0 Å². The van der Waals surface area contributed by atoms with E-state index in [1.807, 2.05) is 0 Å². The third-order valence-corrected chi connectivity index (χ3v) is 9.37. The summed E-state index contributed by atoms with van der Waals surface area (Å²) < 4.78 is 6.33. The lowest BCUT2D eigenvalue weighted by atomic mass is 9.89. The molecule has 1 aliphatic heterocycles. The molecule has 1 nitrogen and oxygen atoms in total. The van der Waals surface area contributed by atoms with Crippen LogP contribution in [-0.4, -0.2) is 0 Å². The predicted octanol–water partition coefficient (Wildman–Crippen LogP) is 12.0. The molecule has 1 heteroatoms. The molecule has 0 bridgehead atoms. The maximum absolute atomic E-state index is 6.33. The Labute approximate surface area is 248 Å². The molecule has 0 aliphatic carbocycles. The van der Waals surface area contributed by atoms with Gasteiger partial charge in [0, 0.05) is 10.9 Å². The molecule has 1 aliphatic rings. The first-order valence-electron chi connectivity index (χ1n) is 14.8. The van der Waals surface area contributed by atoms with E-state index in [0.717, 1.165) is 17.1 Å². The molecule has 9 aromatic carbocycles. The molecular weight excluding hydrogens is 520 g/mol. The standard InChI is InChI=1S/C42H24O/c1-4-26-10-11-28-16-19-34(36-20-17-27(5-1)40(26)42(28)36)33-15-14-29-22-30(12-13-31(29)23-33)32-18-21-38-37(24-32)35-8-2-6-25-7-3-9-39(43-38)41(25)35/h1-24H. The monoisotopic (exact) mass is 544 g/mol. The molecule has 0 aromatic heterocycles. The molecule has 0 atom stereocenters. The lowest BCUT2D eigenvalue weighted by molar-refractivity contribution is 0.487. The molecule has 9 aromatic rings. The van der Waals surface area contributed by atoms with Gasteiger partial charge in [-0.1, -0.05) is 115 Å². The summed E-state index contributed by atoms with van der Waals surface area (Å²) in [6, 6.07) is 53.2. The number of hydrogen-bond donors (Lipinski definition) is 0. The van der Waals surface area contributed by atoms with Crippen LogP contribution < -0.4 is 4.74 Å². The predicted molar refractivity (Wildman–Crippen MR) is 182 cm³/mol. The second-order valence-electron chi connectivity index (χ2n) is 11.7. The molecule has 0 unspecified atom stereocenters. The van der Waals surface area contributed by atoms with Gasteiger partial charge in [0.15, 0.2) is 0 Å². The van der Waals surface area contributed by atoms with Crippen LogP contribution in [0.1, 0.15) is 0 Å². The van der Waals surface area contributed by atoms with E-state index in [1.54, 1.807) is 0 Å².